The first-order chi connectivity index (χ1) is 8.84. The molecule has 1 unspecified atom stereocenters. The van der Waals surface area contributed by atoms with Gasteiger partial charge in [-0.3, -0.25) is 4.68 Å². The summed E-state index contributed by atoms with van der Waals surface area (Å²) in [5, 5.41) is 4.11. The maximum atomic E-state index is 12.5. The summed E-state index contributed by atoms with van der Waals surface area (Å²) >= 11 is 5.92. The first-order valence-electron chi connectivity index (χ1n) is 6.27. The lowest BCUT2D eigenvalue weighted by molar-refractivity contribution is 0.249. The predicted molar refractivity (Wildman–Crippen MR) is 73.4 cm³/mol. The summed E-state index contributed by atoms with van der Waals surface area (Å²) in [5.74, 6) is 0.383. The van der Waals surface area contributed by atoms with Crippen LogP contribution in [0.25, 0.3) is 0 Å². The minimum absolute atomic E-state index is 0.0633. The van der Waals surface area contributed by atoms with Crippen LogP contribution in [0.15, 0.2) is 11.2 Å². The second-order valence-corrected chi connectivity index (χ2v) is 7.28. The molecule has 1 aromatic rings. The number of aryl methyl sites for hydroxylation is 1. The Morgan fingerprint density at radius 1 is 1.47 bits per heavy atom. The Bertz CT molecular complexity index is 528. The van der Waals surface area contributed by atoms with Gasteiger partial charge in [0.25, 0.3) is 10.0 Å². The van der Waals surface area contributed by atoms with Crippen LogP contribution in [-0.4, -0.2) is 41.6 Å². The van der Waals surface area contributed by atoms with E-state index in [1.165, 1.54) is 15.2 Å². The first-order valence-corrected chi connectivity index (χ1v) is 8.09. The molecule has 2 rings (SSSR count). The van der Waals surface area contributed by atoms with Crippen molar-refractivity contribution in [3.05, 3.63) is 11.2 Å². The van der Waals surface area contributed by atoms with Crippen molar-refractivity contribution in [1.82, 2.24) is 14.1 Å². The largest absolute Gasteiger partial charge is 0.328 e. The quantitative estimate of drug-likeness (QED) is 0.896. The van der Waals surface area contributed by atoms with Gasteiger partial charge in [0.15, 0.2) is 5.03 Å². The molecule has 0 saturated carbocycles. The summed E-state index contributed by atoms with van der Waals surface area (Å²) in [7, 11) is -1.99. The summed E-state index contributed by atoms with van der Waals surface area (Å²) in [6.07, 6.45) is 2.92. The van der Waals surface area contributed by atoms with Crippen molar-refractivity contribution in [2.24, 2.45) is 18.7 Å². The second kappa shape index (κ2) is 5.40. The maximum absolute atomic E-state index is 12.5. The Morgan fingerprint density at radius 2 is 2.05 bits per heavy atom. The zero-order chi connectivity index (χ0) is 14.2. The lowest BCUT2D eigenvalue weighted by atomic mass is 9.92. The van der Waals surface area contributed by atoms with Crippen LogP contribution in [0.2, 0.25) is 5.02 Å². The fraction of sp³-hybridized carbons (Fsp3) is 0.727. The minimum atomic E-state index is -3.57. The van der Waals surface area contributed by atoms with E-state index in [9.17, 15) is 8.42 Å². The molecule has 1 atom stereocenters. The third-order valence-electron chi connectivity index (χ3n) is 3.67. The highest BCUT2D eigenvalue weighted by Gasteiger charge is 2.33. The molecule has 0 bridgehead atoms. The standard InChI is InChI=1S/C11H19ClN4O2S/c1-8(13)9-3-5-16(6-4-9)19(17,18)11-10(12)7-14-15(11)2/h7-9H,3-6,13H2,1-2H3. The predicted octanol–water partition coefficient (Wildman–Crippen LogP) is 0.821. The molecule has 1 aromatic heterocycles. The van der Waals surface area contributed by atoms with Gasteiger partial charge in [0.1, 0.15) is 0 Å². The minimum Gasteiger partial charge on any atom is -0.328 e. The summed E-state index contributed by atoms with van der Waals surface area (Å²) in [6.45, 7) is 2.93. The van der Waals surface area contributed by atoms with E-state index in [-0.39, 0.29) is 16.1 Å². The first kappa shape index (κ1) is 14.8. The van der Waals surface area contributed by atoms with E-state index >= 15 is 0 Å². The van der Waals surface area contributed by atoms with Crippen molar-refractivity contribution in [2.75, 3.05) is 13.1 Å². The van der Waals surface area contributed by atoms with E-state index in [1.807, 2.05) is 6.92 Å². The van der Waals surface area contributed by atoms with Crippen LogP contribution >= 0.6 is 11.6 Å². The highest BCUT2D eigenvalue weighted by atomic mass is 35.5. The van der Waals surface area contributed by atoms with E-state index < -0.39 is 10.0 Å². The summed E-state index contributed by atoms with van der Waals surface area (Å²) in [4.78, 5) is 0. The fourth-order valence-electron chi connectivity index (χ4n) is 2.45. The molecular formula is C11H19ClN4O2S. The number of nitrogens with two attached hydrogens (primary N) is 1. The number of halogens is 1. The average molecular weight is 307 g/mol. The Labute approximate surface area is 118 Å². The van der Waals surface area contributed by atoms with Crippen LogP contribution in [0.1, 0.15) is 19.8 Å². The Balaban J connectivity index is 2.19. The monoisotopic (exact) mass is 306 g/mol. The molecule has 19 heavy (non-hydrogen) atoms. The summed E-state index contributed by atoms with van der Waals surface area (Å²) in [5.41, 5.74) is 5.86. The van der Waals surface area contributed by atoms with Crippen molar-refractivity contribution < 1.29 is 8.42 Å². The number of aromatic nitrogens is 2. The molecule has 2 N–H and O–H groups in total. The average Bonchev–Trinajstić information content (AvgIpc) is 2.69. The SMILES string of the molecule is CC(N)C1CCN(S(=O)(=O)c2c(Cl)cnn2C)CC1. The van der Waals surface area contributed by atoms with E-state index in [4.69, 9.17) is 17.3 Å². The van der Waals surface area contributed by atoms with Crippen LogP contribution in [0.3, 0.4) is 0 Å². The van der Waals surface area contributed by atoms with Gasteiger partial charge in [0.05, 0.1) is 11.2 Å². The van der Waals surface area contributed by atoms with Crippen LogP contribution in [-0.2, 0) is 17.1 Å². The van der Waals surface area contributed by atoms with Crippen LogP contribution in [0.4, 0.5) is 0 Å². The zero-order valence-electron chi connectivity index (χ0n) is 11.1. The molecule has 6 nitrogen and oxygen atoms in total. The lowest BCUT2D eigenvalue weighted by Gasteiger charge is -2.32. The van der Waals surface area contributed by atoms with Gasteiger partial charge in [-0.2, -0.15) is 9.40 Å². The van der Waals surface area contributed by atoms with E-state index in [0.29, 0.717) is 19.0 Å². The number of hydrogen-bond acceptors (Lipinski definition) is 4. The molecule has 0 amide bonds. The Morgan fingerprint density at radius 3 is 2.47 bits per heavy atom. The highest BCUT2D eigenvalue weighted by molar-refractivity contribution is 7.89. The van der Waals surface area contributed by atoms with Crippen molar-refractivity contribution in [2.45, 2.75) is 30.8 Å². The number of hydrogen-bond donors (Lipinski definition) is 1. The zero-order valence-corrected chi connectivity index (χ0v) is 12.7. The van der Waals surface area contributed by atoms with Gasteiger partial charge in [0, 0.05) is 26.2 Å². The number of rotatable bonds is 3. The molecule has 1 fully saturated rings. The lowest BCUT2D eigenvalue weighted by Crippen LogP contribution is -2.43. The molecule has 1 saturated heterocycles. The summed E-state index contributed by atoms with van der Waals surface area (Å²) < 4.78 is 27.8. The van der Waals surface area contributed by atoms with Crippen LogP contribution < -0.4 is 5.73 Å². The molecule has 0 aliphatic carbocycles. The Hall–Kier alpha value is -0.630. The maximum Gasteiger partial charge on any atom is 0.261 e. The van der Waals surface area contributed by atoms with Gasteiger partial charge in [-0.1, -0.05) is 11.6 Å². The molecule has 1 aliphatic heterocycles. The number of piperidine rings is 1. The molecule has 8 heteroatoms. The normalized spacial score (nSPS) is 20.6. The second-order valence-electron chi connectivity index (χ2n) is 5.02. The van der Waals surface area contributed by atoms with Gasteiger partial charge in [0.2, 0.25) is 0 Å². The molecule has 0 radical (unpaired) electrons. The molecule has 1 aliphatic rings. The number of nitrogens with zero attached hydrogens (tertiary/aromatic N) is 3. The fourth-order valence-corrected chi connectivity index (χ4v) is 4.53. The van der Waals surface area contributed by atoms with Gasteiger partial charge in [-0.15, -0.1) is 0 Å². The molecule has 108 valence electrons. The molecular weight excluding hydrogens is 288 g/mol. The summed E-state index contributed by atoms with van der Waals surface area (Å²) in [6, 6.07) is 0.102. The van der Waals surface area contributed by atoms with E-state index in [2.05, 4.69) is 5.10 Å². The molecule has 0 spiro atoms. The highest BCUT2D eigenvalue weighted by Crippen LogP contribution is 2.28. The van der Waals surface area contributed by atoms with Crippen molar-refractivity contribution in [3.8, 4) is 0 Å². The van der Waals surface area contributed by atoms with Crippen LogP contribution in [0, 0.1) is 5.92 Å². The van der Waals surface area contributed by atoms with Crippen LogP contribution in [0.5, 0.6) is 0 Å². The van der Waals surface area contributed by atoms with E-state index in [0.717, 1.165) is 12.8 Å². The molecule has 2 heterocycles. The van der Waals surface area contributed by atoms with Gasteiger partial charge < -0.3 is 5.73 Å². The van der Waals surface area contributed by atoms with Gasteiger partial charge in [-0.05, 0) is 25.7 Å². The van der Waals surface area contributed by atoms with Crippen molar-refractivity contribution in [1.29, 1.82) is 0 Å². The van der Waals surface area contributed by atoms with Crippen molar-refractivity contribution in [3.63, 3.8) is 0 Å². The topological polar surface area (TPSA) is 81.2 Å². The van der Waals surface area contributed by atoms with E-state index in [1.54, 1.807) is 7.05 Å². The van der Waals surface area contributed by atoms with Gasteiger partial charge in [-0.25, -0.2) is 8.42 Å². The third kappa shape index (κ3) is 2.79. The smallest absolute Gasteiger partial charge is 0.261 e. The number of sulfonamides is 1. The third-order valence-corrected chi connectivity index (χ3v) is 6.08. The van der Waals surface area contributed by atoms with Gasteiger partial charge >= 0.3 is 0 Å². The molecule has 0 aromatic carbocycles. The van der Waals surface area contributed by atoms with Crippen molar-refractivity contribution >= 4 is 21.6 Å². The Kier molecular flexibility index (Phi) is 4.20.